The minimum atomic E-state index is -0.827. The van der Waals surface area contributed by atoms with E-state index in [0.717, 1.165) is 6.42 Å². The third-order valence-electron chi connectivity index (χ3n) is 3.66. The van der Waals surface area contributed by atoms with Crippen LogP contribution in [0.4, 0.5) is 0 Å². The smallest absolute Gasteiger partial charge is 0.311 e. The van der Waals surface area contributed by atoms with E-state index in [1.807, 2.05) is 19.3 Å². The van der Waals surface area contributed by atoms with Gasteiger partial charge in [0.1, 0.15) is 5.69 Å². The summed E-state index contributed by atoms with van der Waals surface area (Å²) >= 11 is 0. The number of amides is 1. The number of aliphatic carboxylic acids is 1. The Morgan fingerprint density at radius 3 is 2.72 bits per heavy atom. The molecule has 2 rings (SSSR count). The van der Waals surface area contributed by atoms with Crippen LogP contribution in [0.5, 0.6) is 0 Å². The third kappa shape index (κ3) is 2.12. The largest absolute Gasteiger partial charge is 0.481 e. The molecule has 2 heterocycles. The van der Waals surface area contributed by atoms with Crippen LogP contribution in [0.2, 0.25) is 0 Å². The fourth-order valence-electron chi connectivity index (χ4n) is 2.43. The molecule has 1 aromatic heterocycles. The second kappa shape index (κ2) is 4.48. The maximum atomic E-state index is 12.3. The first-order chi connectivity index (χ1) is 8.44. The van der Waals surface area contributed by atoms with Crippen molar-refractivity contribution < 1.29 is 14.7 Å². The van der Waals surface area contributed by atoms with Gasteiger partial charge in [-0.1, -0.05) is 0 Å². The van der Waals surface area contributed by atoms with Gasteiger partial charge in [0, 0.05) is 26.3 Å². The summed E-state index contributed by atoms with van der Waals surface area (Å²) in [5.41, 5.74) is -0.219. The topological polar surface area (TPSA) is 62.5 Å². The normalized spacial score (nSPS) is 24.0. The summed E-state index contributed by atoms with van der Waals surface area (Å²) in [6.45, 7) is 2.62. The molecule has 1 fully saturated rings. The molecule has 0 saturated carbocycles. The summed E-state index contributed by atoms with van der Waals surface area (Å²) in [5.74, 6) is -0.915. The summed E-state index contributed by atoms with van der Waals surface area (Å²) in [4.78, 5) is 25.2. The van der Waals surface area contributed by atoms with Crippen LogP contribution in [0.1, 0.15) is 30.3 Å². The van der Waals surface area contributed by atoms with Crippen molar-refractivity contribution in [2.24, 2.45) is 12.5 Å². The number of aryl methyl sites for hydroxylation is 1. The van der Waals surface area contributed by atoms with Crippen molar-refractivity contribution >= 4 is 11.9 Å². The highest BCUT2D eigenvalue weighted by Crippen LogP contribution is 2.30. The molecule has 5 nitrogen and oxygen atoms in total. The molecular weight excluding hydrogens is 232 g/mol. The quantitative estimate of drug-likeness (QED) is 0.861. The average molecular weight is 250 g/mol. The molecule has 98 valence electrons. The molecular formula is C13H18N2O3. The molecule has 1 N–H and O–H groups in total. The molecule has 1 aromatic rings. The Labute approximate surface area is 106 Å². The highest BCUT2D eigenvalue weighted by Gasteiger charge is 2.39. The molecule has 0 bridgehead atoms. The zero-order chi connectivity index (χ0) is 13.3. The summed E-state index contributed by atoms with van der Waals surface area (Å²) in [6.07, 6.45) is 3.17. The first-order valence-corrected chi connectivity index (χ1v) is 6.08. The number of aromatic nitrogens is 1. The van der Waals surface area contributed by atoms with E-state index in [4.69, 9.17) is 0 Å². The van der Waals surface area contributed by atoms with Crippen LogP contribution in [0.15, 0.2) is 18.3 Å². The second-order valence-corrected chi connectivity index (χ2v) is 5.20. The van der Waals surface area contributed by atoms with Gasteiger partial charge in [-0.2, -0.15) is 0 Å². The van der Waals surface area contributed by atoms with Gasteiger partial charge < -0.3 is 14.6 Å². The number of hydrogen-bond acceptors (Lipinski definition) is 2. The van der Waals surface area contributed by atoms with Crippen LogP contribution >= 0.6 is 0 Å². The predicted octanol–water partition coefficient (Wildman–Crippen LogP) is 1.35. The minimum Gasteiger partial charge on any atom is -0.481 e. The highest BCUT2D eigenvalue weighted by molar-refractivity contribution is 5.93. The van der Waals surface area contributed by atoms with Crippen LogP contribution in [-0.2, 0) is 11.8 Å². The maximum absolute atomic E-state index is 12.3. The van der Waals surface area contributed by atoms with E-state index >= 15 is 0 Å². The van der Waals surface area contributed by atoms with E-state index in [9.17, 15) is 14.7 Å². The third-order valence-corrected chi connectivity index (χ3v) is 3.66. The van der Waals surface area contributed by atoms with Gasteiger partial charge in [0.05, 0.1) is 5.41 Å². The SMILES string of the molecule is Cn1cccc1C(=O)N1CCCC(C)(C(=O)O)C1. The van der Waals surface area contributed by atoms with E-state index in [2.05, 4.69) is 0 Å². The first-order valence-electron chi connectivity index (χ1n) is 6.08. The van der Waals surface area contributed by atoms with Crippen molar-refractivity contribution in [2.75, 3.05) is 13.1 Å². The van der Waals surface area contributed by atoms with Crippen molar-refractivity contribution in [1.82, 2.24) is 9.47 Å². The number of piperidine rings is 1. The Hall–Kier alpha value is -1.78. The summed E-state index contributed by atoms with van der Waals surface area (Å²) in [6, 6.07) is 3.57. The average Bonchev–Trinajstić information content (AvgIpc) is 2.74. The molecule has 1 saturated heterocycles. The number of carbonyl (C=O) groups excluding carboxylic acids is 1. The summed E-state index contributed by atoms with van der Waals surface area (Å²) < 4.78 is 1.76. The van der Waals surface area contributed by atoms with Gasteiger partial charge >= 0.3 is 5.97 Å². The monoisotopic (exact) mass is 250 g/mol. The number of carboxylic acids is 1. The Bertz CT molecular complexity index is 480. The van der Waals surface area contributed by atoms with E-state index in [0.29, 0.717) is 18.7 Å². The number of hydrogen-bond donors (Lipinski definition) is 1. The Balaban J connectivity index is 2.17. The van der Waals surface area contributed by atoms with Gasteiger partial charge in [-0.05, 0) is 31.9 Å². The van der Waals surface area contributed by atoms with Crippen LogP contribution in [0, 0.1) is 5.41 Å². The number of rotatable bonds is 2. The Kier molecular flexibility index (Phi) is 3.15. The van der Waals surface area contributed by atoms with E-state index < -0.39 is 11.4 Å². The van der Waals surface area contributed by atoms with Crippen molar-refractivity contribution in [3.63, 3.8) is 0 Å². The molecule has 0 spiro atoms. The van der Waals surface area contributed by atoms with Crippen LogP contribution in [0.3, 0.4) is 0 Å². The van der Waals surface area contributed by atoms with Gasteiger partial charge in [-0.3, -0.25) is 9.59 Å². The second-order valence-electron chi connectivity index (χ2n) is 5.20. The number of likely N-dealkylation sites (tertiary alicyclic amines) is 1. The predicted molar refractivity (Wildman–Crippen MR) is 66.3 cm³/mol. The Morgan fingerprint density at radius 1 is 1.44 bits per heavy atom. The van der Waals surface area contributed by atoms with E-state index in [-0.39, 0.29) is 12.5 Å². The number of nitrogens with zero attached hydrogens (tertiary/aromatic N) is 2. The maximum Gasteiger partial charge on any atom is 0.311 e. The number of carboxylic acid groups (broad SMARTS) is 1. The molecule has 0 aromatic carbocycles. The lowest BCUT2D eigenvalue weighted by Crippen LogP contribution is -2.48. The summed E-state index contributed by atoms with van der Waals surface area (Å²) in [5, 5.41) is 9.24. The molecule has 18 heavy (non-hydrogen) atoms. The Morgan fingerprint density at radius 2 is 2.17 bits per heavy atom. The van der Waals surface area contributed by atoms with Crippen molar-refractivity contribution in [3.05, 3.63) is 24.0 Å². The van der Waals surface area contributed by atoms with Crippen molar-refractivity contribution in [3.8, 4) is 0 Å². The lowest BCUT2D eigenvalue weighted by atomic mass is 9.82. The molecule has 0 radical (unpaired) electrons. The van der Waals surface area contributed by atoms with Gasteiger partial charge in [-0.25, -0.2) is 0 Å². The fraction of sp³-hybridized carbons (Fsp3) is 0.538. The minimum absolute atomic E-state index is 0.0883. The lowest BCUT2D eigenvalue weighted by Gasteiger charge is -2.37. The zero-order valence-electron chi connectivity index (χ0n) is 10.7. The molecule has 0 aliphatic carbocycles. The lowest BCUT2D eigenvalue weighted by molar-refractivity contribution is -0.150. The van der Waals surface area contributed by atoms with Gasteiger partial charge in [0.25, 0.3) is 5.91 Å². The van der Waals surface area contributed by atoms with Gasteiger partial charge in [0.15, 0.2) is 0 Å². The number of carbonyl (C=O) groups is 2. The molecule has 1 aliphatic heterocycles. The standard InChI is InChI=1S/C13H18N2O3/c1-13(12(17)18)6-4-8-15(9-13)11(16)10-5-3-7-14(10)2/h3,5,7H,4,6,8-9H2,1-2H3,(H,17,18). The highest BCUT2D eigenvalue weighted by atomic mass is 16.4. The van der Waals surface area contributed by atoms with E-state index in [1.54, 1.807) is 22.5 Å². The van der Waals surface area contributed by atoms with Crippen molar-refractivity contribution in [2.45, 2.75) is 19.8 Å². The molecule has 1 aliphatic rings. The molecule has 1 amide bonds. The fourth-order valence-corrected chi connectivity index (χ4v) is 2.43. The molecule has 5 heteroatoms. The summed E-state index contributed by atoms with van der Waals surface area (Å²) in [7, 11) is 1.81. The van der Waals surface area contributed by atoms with Crippen LogP contribution in [0.25, 0.3) is 0 Å². The van der Waals surface area contributed by atoms with E-state index in [1.165, 1.54) is 0 Å². The van der Waals surface area contributed by atoms with Gasteiger partial charge in [0.2, 0.25) is 0 Å². The molecule has 1 atom stereocenters. The first kappa shape index (κ1) is 12.7. The van der Waals surface area contributed by atoms with Crippen molar-refractivity contribution in [1.29, 1.82) is 0 Å². The van der Waals surface area contributed by atoms with Crippen LogP contribution < -0.4 is 0 Å². The molecule has 1 unspecified atom stereocenters. The van der Waals surface area contributed by atoms with Gasteiger partial charge in [-0.15, -0.1) is 0 Å². The zero-order valence-corrected chi connectivity index (χ0v) is 10.7. The van der Waals surface area contributed by atoms with Crippen LogP contribution in [-0.4, -0.2) is 39.5 Å².